The molecule has 0 radical (unpaired) electrons. The summed E-state index contributed by atoms with van der Waals surface area (Å²) in [6.45, 7) is -0.382. The number of hydrogen-bond acceptors (Lipinski definition) is 4. The van der Waals surface area contributed by atoms with E-state index in [1.807, 2.05) is 0 Å². The van der Waals surface area contributed by atoms with Gasteiger partial charge in [-0.1, -0.05) is 23.4 Å². The van der Waals surface area contributed by atoms with Crippen LogP contribution in [0.3, 0.4) is 0 Å². The molecule has 1 aromatic heterocycles. The quantitative estimate of drug-likeness (QED) is 0.840. The zero-order chi connectivity index (χ0) is 15.5. The Bertz CT molecular complexity index is 821. The Kier molecular flexibility index (Phi) is 4.85. The molecule has 0 saturated heterocycles. The van der Waals surface area contributed by atoms with Crippen molar-refractivity contribution in [2.75, 3.05) is 11.3 Å². The molecule has 0 saturated carbocycles. The predicted molar refractivity (Wildman–Crippen MR) is 80.5 cm³/mol. The molecule has 4 nitrogen and oxygen atoms in total. The maximum atomic E-state index is 13.7. The van der Waals surface area contributed by atoms with Crippen molar-refractivity contribution < 1.29 is 17.9 Å². The number of anilines is 1. The van der Waals surface area contributed by atoms with Gasteiger partial charge in [0.15, 0.2) is 0 Å². The van der Waals surface area contributed by atoms with Crippen molar-refractivity contribution in [2.45, 2.75) is 4.21 Å². The van der Waals surface area contributed by atoms with Crippen LogP contribution < -0.4 is 4.72 Å². The molecule has 2 N–H and O–H groups in total. The fourth-order valence-corrected chi connectivity index (χ4v) is 3.99. The molecule has 0 fully saturated rings. The summed E-state index contributed by atoms with van der Waals surface area (Å²) in [5, 5.41) is 8.56. The van der Waals surface area contributed by atoms with E-state index >= 15 is 0 Å². The summed E-state index contributed by atoms with van der Waals surface area (Å²) < 4.78 is 40.4. The van der Waals surface area contributed by atoms with Crippen LogP contribution in [0.15, 0.2) is 34.5 Å². The molecule has 8 heteroatoms. The van der Waals surface area contributed by atoms with Crippen LogP contribution in [0.5, 0.6) is 0 Å². The van der Waals surface area contributed by atoms with E-state index < -0.39 is 15.8 Å². The molecule has 0 aliphatic rings. The summed E-state index contributed by atoms with van der Waals surface area (Å²) in [5.74, 6) is 4.06. The average molecular weight is 346 g/mol. The number of thiophene rings is 1. The zero-order valence-corrected chi connectivity index (χ0v) is 12.8. The summed E-state index contributed by atoms with van der Waals surface area (Å²) in [6, 6.07) is 6.57. The van der Waals surface area contributed by atoms with Gasteiger partial charge in [-0.15, -0.1) is 11.3 Å². The molecule has 0 aliphatic carbocycles. The summed E-state index contributed by atoms with van der Waals surface area (Å²) >= 11 is 6.60. The number of halogens is 2. The summed E-state index contributed by atoms with van der Waals surface area (Å²) in [4.78, 5) is 0. The number of aliphatic hydroxyl groups is 1. The van der Waals surface area contributed by atoms with Gasteiger partial charge < -0.3 is 5.11 Å². The van der Waals surface area contributed by atoms with Gasteiger partial charge in [-0.3, -0.25) is 4.72 Å². The van der Waals surface area contributed by atoms with Crippen molar-refractivity contribution in [3.63, 3.8) is 0 Å². The normalized spacial score (nSPS) is 10.8. The van der Waals surface area contributed by atoms with E-state index in [2.05, 4.69) is 16.6 Å². The van der Waals surface area contributed by atoms with E-state index in [9.17, 15) is 12.8 Å². The molecule has 0 atom stereocenters. The van der Waals surface area contributed by atoms with Gasteiger partial charge in [-0.25, -0.2) is 12.8 Å². The lowest BCUT2D eigenvalue weighted by atomic mass is 10.2. The lowest BCUT2D eigenvalue weighted by molar-refractivity contribution is 0.350. The number of rotatable bonds is 3. The maximum absolute atomic E-state index is 13.7. The molecule has 21 heavy (non-hydrogen) atoms. The van der Waals surface area contributed by atoms with Crippen LogP contribution in [0.25, 0.3) is 0 Å². The average Bonchev–Trinajstić information content (AvgIpc) is 2.85. The largest absolute Gasteiger partial charge is 0.384 e. The minimum absolute atomic E-state index is 0.0389. The number of benzene rings is 1. The molecular formula is C13H9ClFNO3S2. The molecule has 0 spiro atoms. The van der Waals surface area contributed by atoms with Crippen LogP contribution in [-0.2, 0) is 10.0 Å². The highest BCUT2D eigenvalue weighted by Gasteiger charge is 2.17. The number of aliphatic hydroxyl groups excluding tert-OH is 1. The molecule has 110 valence electrons. The standard InChI is InChI=1S/C13H9ClFNO3S2/c14-12-5-6-13(20-12)21(18,19)16-10-4-3-9(2-1-7-17)11(15)8-10/h3-6,8,16-17H,7H2. The lowest BCUT2D eigenvalue weighted by Crippen LogP contribution is -2.11. The lowest BCUT2D eigenvalue weighted by Gasteiger charge is -2.06. The van der Waals surface area contributed by atoms with E-state index in [1.165, 1.54) is 24.3 Å². The molecule has 0 unspecified atom stereocenters. The zero-order valence-electron chi connectivity index (χ0n) is 10.4. The van der Waals surface area contributed by atoms with Gasteiger partial charge in [0.25, 0.3) is 10.0 Å². The minimum Gasteiger partial charge on any atom is -0.384 e. The van der Waals surface area contributed by atoms with Gasteiger partial charge in [-0.2, -0.15) is 0 Å². The topological polar surface area (TPSA) is 66.4 Å². The first-order valence-corrected chi connectivity index (χ1v) is 8.27. The van der Waals surface area contributed by atoms with E-state index in [0.717, 1.165) is 17.4 Å². The number of nitrogens with one attached hydrogen (secondary N) is 1. The van der Waals surface area contributed by atoms with Crippen molar-refractivity contribution in [1.82, 2.24) is 0 Å². The highest BCUT2D eigenvalue weighted by atomic mass is 35.5. The van der Waals surface area contributed by atoms with Gasteiger partial charge in [0.2, 0.25) is 0 Å². The molecule has 2 aromatic rings. The van der Waals surface area contributed by atoms with E-state index in [4.69, 9.17) is 16.7 Å². The highest BCUT2D eigenvalue weighted by molar-refractivity contribution is 7.94. The monoisotopic (exact) mass is 345 g/mol. The number of sulfonamides is 1. The third-order valence-electron chi connectivity index (χ3n) is 2.34. The molecule has 2 rings (SSSR count). The second kappa shape index (κ2) is 6.45. The molecule has 1 heterocycles. The Hall–Kier alpha value is -1.59. The van der Waals surface area contributed by atoms with Crippen LogP contribution in [0.4, 0.5) is 10.1 Å². The first-order chi connectivity index (χ1) is 9.92. The van der Waals surface area contributed by atoms with Gasteiger partial charge in [-0.05, 0) is 30.3 Å². The molecule has 1 aromatic carbocycles. The van der Waals surface area contributed by atoms with Crippen molar-refractivity contribution in [1.29, 1.82) is 0 Å². The second-order valence-corrected chi connectivity index (χ2v) is 7.44. The van der Waals surface area contributed by atoms with Crippen LogP contribution in [-0.4, -0.2) is 20.1 Å². The van der Waals surface area contributed by atoms with Crippen LogP contribution in [0, 0.1) is 17.7 Å². The smallest absolute Gasteiger partial charge is 0.271 e. The summed E-state index contributed by atoms with van der Waals surface area (Å²) in [6.07, 6.45) is 0. The fraction of sp³-hybridized carbons (Fsp3) is 0.0769. The van der Waals surface area contributed by atoms with Crippen molar-refractivity contribution in [2.24, 2.45) is 0 Å². The first kappa shape index (κ1) is 15.8. The molecule has 0 amide bonds. The molecule has 0 aliphatic heterocycles. The minimum atomic E-state index is -3.80. The summed E-state index contributed by atoms with van der Waals surface area (Å²) in [7, 11) is -3.80. The van der Waals surface area contributed by atoms with Crippen molar-refractivity contribution in [3.8, 4) is 11.8 Å². The Morgan fingerprint density at radius 1 is 1.33 bits per heavy atom. The number of hydrogen-bond donors (Lipinski definition) is 2. The Morgan fingerprint density at radius 3 is 2.67 bits per heavy atom. The van der Waals surface area contributed by atoms with E-state index in [1.54, 1.807) is 0 Å². The van der Waals surface area contributed by atoms with Crippen molar-refractivity contribution >= 4 is 38.6 Å². The van der Waals surface area contributed by atoms with Crippen LogP contribution in [0.2, 0.25) is 4.34 Å². The van der Waals surface area contributed by atoms with E-state index in [0.29, 0.717) is 4.34 Å². The Balaban J connectivity index is 2.26. The second-order valence-electron chi connectivity index (χ2n) is 3.82. The first-order valence-electron chi connectivity index (χ1n) is 5.60. The van der Waals surface area contributed by atoms with Crippen LogP contribution in [0.1, 0.15) is 5.56 Å². The summed E-state index contributed by atoms with van der Waals surface area (Å²) in [5.41, 5.74) is 0.151. The van der Waals surface area contributed by atoms with E-state index in [-0.39, 0.29) is 22.1 Å². The third kappa shape index (κ3) is 3.95. The van der Waals surface area contributed by atoms with Crippen LogP contribution >= 0.6 is 22.9 Å². The predicted octanol–water partition coefficient (Wildman–Crippen LogP) is 2.69. The Labute approximate surface area is 130 Å². The van der Waals surface area contributed by atoms with Gasteiger partial charge >= 0.3 is 0 Å². The fourth-order valence-electron chi connectivity index (χ4n) is 1.46. The maximum Gasteiger partial charge on any atom is 0.271 e. The van der Waals surface area contributed by atoms with Gasteiger partial charge in [0, 0.05) is 0 Å². The molecular weight excluding hydrogens is 337 g/mol. The third-order valence-corrected chi connectivity index (χ3v) is 5.44. The highest BCUT2D eigenvalue weighted by Crippen LogP contribution is 2.27. The van der Waals surface area contributed by atoms with Crippen molar-refractivity contribution in [3.05, 3.63) is 46.0 Å². The molecule has 0 bridgehead atoms. The Morgan fingerprint density at radius 2 is 2.10 bits per heavy atom. The SMILES string of the molecule is O=S(=O)(Nc1ccc(C#CCO)c(F)c1)c1ccc(Cl)s1. The van der Waals surface area contributed by atoms with Gasteiger partial charge in [0.1, 0.15) is 16.6 Å². The van der Waals surface area contributed by atoms with Gasteiger partial charge in [0.05, 0.1) is 15.6 Å².